The SMILES string of the molecule is Cc1cc(OCc2c(F)cccc2F)c2nc(C)c(C(=O)NNC3CCCCC3)n2c1. The molecule has 0 unspecified atom stereocenters. The summed E-state index contributed by atoms with van der Waals surface area (Å²) >= 11 is 0. The Morgan fingerprint density at radius 1 is 1.19 bits per heavy atom. The summed E-state index contributed by atoms with van der Waals surface area (Å²) in [5.41, 5.74) is 7.96. The van der Waals surface area contributed by atoms with Crippen LogP contribution in [0.15, 0.2) is 30.5 Å². The number of fused-ring (bicyclic) bond motifs is 1. The third-order valence-electron chi connectivity index (χ3n) is 5.64. The number of aryl methyl sites for hydroxylation is 2. The molecule has 0 aliphatic heterocycles. The Labute approximate surface area is 179 Å². The van der Waals surface area contributed by atoms with Gasteiger partial charge in [-0.1, -0.05) is 25.3 Å². The number of nitrogens with zero attached hydrogens (tertiary/aromatic N) is 2. The van der Waals surface area contributed by atoms with E-state index in [4.69, 9.17) is 4.74 Å². The molecule has 4 rings (SSSR count). The molecule has 1 saturated carbocycles. The fraction of sp³-hybridized carbons (Fsp3) is 0.391. The first-order valence-corrected chi connectivity index (χ1v) is 10.5. The molecule has 3 aromatic rings. The van der Waals surface area contributed by atoms with Crippen LogP contribution in [0.4, 0.5) is 8.78 Å². The molecule has 1 fully saturated rings. The molecular weight excluding hydrogens is 402 g/mol. The second-order valence-electron chi connectivity index (χ2n) is 8.04. The van der Waals surface area contributed by atoms with Gasteiger partial charge in [0.05, 0.1) is 11.3 Å². The van der Waals surface area contributed by atoms with Gasteiger partial charge in [0.25, 0.3) is 5.91 Å². The normalized spacial score (nSPS) is 14.7. The number of ether oxygens (including phenoxy) is 1. The van der Waals surface area contributed by atoms with Crippen molar-refractivity contribution in [1.29, 1.82) is 0 Å². The number of pyridine rings is 1. The standard InChI is InChI=1S/C23H26F2N4O2/c1-14-11-20(31-13-17-18(24)9-6-10-19(17)25)22-26-15(2)21(29(22)12-14)23(30)28-27-16-7-4-3-5-8-16/h6,9-12,16,27H,3-5,7-8,13H2,1-2H3,(H,28,30). The summed E-state index contributed by atoms with van der Waals surface area (Å²) in [5, 5.41) is 0. The maximum Gasteiger partial charge on any atom is 0.284 e. The number of imidazole rings is 1. The number of hydrogen-bond donors (Lipinski definition) is 2. The van der Waals surface area contributed by atoms with Crippen molar-refractivity contribution >= 4 is 11.6 Å². The quantitative estimate of drug-likeness (QED) is 0.572. The zero-order valence-electron chi connectivity index (χ0n) is 17.7. The van der Waals surface area contributed by atoms with Gasteiger partial charge in [0.1, 0.15) is 23.9 Å². The Morgan fingerprint density at radius 2 is 1.90 bits per heavy atom. The van der Waals surface area contributed by atoms with Crippen LogP contribution >= 0.6 is 0 Å². The summed E-state index contributed by atoms with van der Waals surface area (Å²) in [6.45, 7) is 3.32. The smallest absolute Gasteiger partial charge is 0.284 e. The van der Waals surface area contributed by atoms with Crippen molar-refractivity contribution in [3.8, 4) is 5.75 Å². The largest absolute Gasteiger partial charge is 0.485 e. The van der Waals surface area contributed by atoms with Crippen molar-refractivity contribution < 1.29 is 18.3 Å². The molecular formula is C23H26F2N4O2. The van der Waals surface area contributed by atoms with Crippen LogP contribution in [0.3, 0.4) is 0 Å². The van der Waals surface area contributed by atoms with Gasteiger partial charge in [-0.05, 0) is 50.5 Å². The van der Waals surface area contributed by atoms with Gasteiger partial charge in [-0.3, -0.25) is 14.6 Å². The number of hydrazine groups is 1. The lowest BCUT2D eigenvalue weighted by molar-refractivity contribution is 0.0913. The van der Waals surface area contributed by atoms with Crippen LogP contribution in [-0.4, -0.2) is 21.3 Å². The van der Waals surface area contributed by atoms with Crippen molar-refractivity contribution in [3.05, 3.63) is 64.6 Å². The lowest BCUT2D eigenvalue weighted by Gasteiger charge is -2.23. The molecule has 0 bridgehead atoms. The highest BCUT2D eigenvalue weighted by Gasteiger charge is 2.21. The summed E-state index contributed by atoms with van der Waals surface area (Å²) in [5.74, 6) is -1.27. The van der Waals surface area contributed by atoms with E-state index in [-0.39, 0.29) is 24.1 Å². The van der Waals surface area contributed by atoms with Gasteiger partial charge in [0.15, 0.2) is 11.4 Å². The second kappa shape index (κ2) is 9.01. The molecule has 31 heavy (non-hydrogen) atoms. The van der Waals surface area contributed by atoms with Crippen LogP contribution in [0.5, 0.6) is 5.75 Å². The molecule has 2 heterocycles. The first-order chi connectivity index (χ1) is 14.9. The molecule has 1 amide bonds. The second-order valence-corrected chi connectivity index (χ2v) is 8.04. The van der Waals surface area contributed by atoms with Crippen molar-refractivity contribution in [3.63, 3.8) is 0 Å². The highest BCUT2D eigenvalue weighted by Crippen LogP contribution is 2.26. The van der Waals surface area contributed by atoms with E-state index < -0.39 is 11.6 Å². The summed E-state index contributed by atoms with van der Waals surface area (Å²) in [4.78, 5) is 17.4. The Balaban J connectivity index is 1.58. The summed E-state index contributed by atoms with van der Waals surface area (Å²) in [6, 6.07) is 5.70. The summed E-state index contributed by atoms with van der Waals surface area (Å²) in [6.07, 6.45) is 7.42. The molecule has 6 nitrogen and oxygen atoms in total. The zero-order valence-corrected chi connectivity index (χ0v) is 17.7. The average Bonchev–Trinajstić information content (AvgIpc) is 3.08. The van der Waals surface area contributed by atoms with Gasteiger partial charge >= 0.3 is 0 Å². The number of nitrogens with one attached hydrogen (secondary N) is 2. The fourth-order valence-corrected chi connectivity index (χ4v) is 4.03. The molecule has 8 heteroatoms. The van der Waals surface area contributed by atoms with E-state index in [1.165, 1.54) is 24.6 Å². The van der Waals surface area contributed by atoms with E-state index in [0.29, 0.717) is 22.8 Å². The molecule has 2 N–H and O–H groups in total. The highest BCUT2D eigenvalue weighted by molar-refractivity contribution is 5.94. The minimum absolute atomic E-state index is 0.153. The first kappa shape index (κ1) is 21.2. The van der Waals surface area contributed by atoms with Gasteiger partial charge in [-0.25, -0.2) is 19.2 Å². The maximum absolute atomic E-state index is 14.0. The monoisotopic (exact) mass is 428 g/mol. The summed E-state index contributed by atoms with van der Waals surface area (Å²) in [7, 11) is 0. The number of rotatable bonds is 6. The van der Waals surface area contributed by atoms with Crippen molar-refractivity contribution in [1.82, 2.24) is 20.2 Å². The lowest BCUT2D eigenvalue weighted by atomic mass is 9.96. The number of benzene rings is 1. The van der Waals surface area contributed by atoms with E-state index in [1.807, 2.05) is 6.92 Å². The van der Waals surface area contributed by atoms with Crippen LogP contribution in [0.25, 0.3) is 5.65 Å². The predicted molar refractivity (Wildman–Crippen MR) is 113 cm³/mol. The van der Waals surface area contributed by atoms with Gasteiger partial charge in [-0.15, -0.1) is 0 Å². The zero-order chi connectivity index (χ0) is 22.0. The van der Waals surface area contributed by atoms with Crippen LogP contribution in [-0.2, 0) is 6.61 Å². The Hall–Kier alpha value is -3.00. The molecule has 1 aromatic carbocycles. The molecule has 0 saturated heterocycles. The van der Waals surface area contributed by atoms with Crippen LogP contribution < -0.4 is 15.6 Å². The highest BCUT2D eigenvalue weighted by atomic mass is 19.1. The third kappa shape index (κ3) is 4.54. The molecule has 0 atom stereocenters. The number of aromatic nitrogens is 2. The molecule has 0 spiro atoms. The van der Waals surface area contributed by atoms with E-state index in [2.05, 4.69) is 15.8 Å². The minimum Gasteiger partial charge on any atom is -0.485 e. The van der Waals surface area contributed by atoms with E-state index >= 15 is 0 Å². The number of halogens is 2. The Bertz CT molecular complexity index is 1090. The van der Waals surface area contributed by atoms with Gasteiger partial charge in [-0.2, -0.15) is 0 Å². The molecule has 1 aliphatic carbocycles. The van der Waals surface area contributed by atoms with E-state index in [9.17, 15) is 13.6 Å². The number of carbonyl (C=O) groups is 1. The van der Waals surface area contributed by atoms with Gasteiger partial charge in [0, 0.05) is 12.2 Å². The Morgan fingerprint density at radius 3 is 2.61 bits per heavy atom. The number of amides is 1. The molecule has 2 aromatic heterocycles. The molecule has 0 radical (unpaired) electrons. The number of hydrogen-bond acceptors (Lipinski definition) is 4. The average molecular weight is 428 g/mol. The first-order valence-electron chi connectivity index (χ1n) is 10.5. The Kier molecular flexibility index (Phi) is 6.18. The van der Waals surface area contributed by atoms with Crippen LogP contribution in [0, 0.1) is 25.5 Å². The fourth-order valence-electron chi connectivity index (χ4n) is 4.03. The topological polar surface area (TPSA) is 67.7 Å². The van der Waals surface area contributed by atoms with E-state index in [1.54, 1.807) is 23.6 Å². The molecule has 164 valence electrons. The maximum atomic E-state index is 14.0. The van der Waals surface area contributed by atoms with E-state index in [0.717, 1.165) is 31.2 Å². The van der Waals surface area contributed by atoms with Crippen molar-refractivity contribution in [2.75, 3.05) is 0 Å². The molecule has 1 aliphatic rings. The van der Waals surface area contributed by atoms with Crippen molar-refractivity contribution in [2.45, 2.75) is 58.6 Å². The number of carbonyl (C=O) groups excluding carboxylic acids is 1. The van der Waals surface area contributed by atoms with Crippen LogP contribution in [0.1, 0.15) is 59.4 Å². The van der Waals surface area contributed by atoms with Crippen molar-refractivity contribution in [2.24, 2.45) is 0 Å². The lowest BCUT2D eigenvalue weighted by Crippen LogP contribution is -2.45. The van der Waals surface area contributed by atoms with Gasteiger partial charge in [0.2, 0.25) is 0 Å². The minimum atomic E-state index is -0.669. The summed E-state index contributed by atoms with van der Waals surface area (Å²) < 4.78 is 35.3. The van der Waals surface area contributed by atoms with Crippen LogP contribution in [0.2, 0.25) is 0 Å². The van der Waals surface area contributed by atoms with Gasteiger partial charge < -0.3 is 4.74 Å². The third-order valence-corrected chi connectivity index (χ3v) is 5.64. The predicted octanol–water partition coefficient (Wildman–Crippen LogP) is 4.38.